The van der Waals surface area contributed by atoms with Gasteiger partial charge >= 0.3 is 5.97 Å². The molecule has 0 aliphatic carbocycles. The number of hydrogen-bond donors (Lipinski definition) is 1. The van der Waals surface area contributed by atoms with Gasteiger partial charge in [0.25, 0.3) is 0 Å². The van der Waals surface area contributed by atoms with Crippen molar-refractivity contribution in [1.82, 2.24) is 9.78 Å². The van der Waals surface area contributed by atoms with Gasteiger partial charge in [-0.15, -0.1) is 0 Å². The zero-order valence-electron chi connectivity index (χ0n) is 16.4. The standard InChI is InChI=1S/C20H25N3O3Si/c1-6-23-18(11-14(2)22-23)20(26-13-19(24)25)17(12-21)15-7-9-16(10-8-15)27(3,4)5/h7-11H,6,13H2,1-5H3,(H,24,25). The van der Waals surface area contributed by atoms with Crippen molar-refractivity contribution in [2.24, 2.45) is 0 Å². The molecule has 27 heavy (non-hydrogen) atoms. The van der Waals surface area contributed by atoms with Gasteiger partial charge in [-0.1, -0.05) is 49.1 Å². The molecule has 0 saturated carbocycles. The van der Waals surface area contributed by atoms with E-state index in [4.69, 9.17) is 9.84 Å². The molecule has 1 aromatic heterocycles. The Morgan fingerprint density at radius 2 is 1.93 bits per heavy atom. The van der Waals surface area contributed by atoms with E-state index >= 15 is 0 Å². The van der Waals surface area contributed by atoms with Crippen molar-refractivity contribution in [3.05, 3.63) is 47.3 Å². The summed E-state index contributed by atoms with van der Waals surface area (Å²) in [5.41, 5.74) is 2.37. The van der Waals surface area contributed by atoms with Crippen LogP contribution in [0.15, 0.2) is 30.3 Å². The van der Waals surface area contributed by atoms with Crippen LogP contribution >= 0.6 is 0 Å². The maximum atomic E-state index is 11.0. The summed E-state index contributed by atoms with van der Waals surface area (Å²) in [5, 5.41) is 24.5. The van der Waals surface area contributed by atoms with E-state index in [1.807, 2.05) is 38.1 Å². The number of nitriles is 1. The Morgan fingerprint density at radius 1 is 1.30 bits per heavy atom. The largest absolute Gasteiger partial charge is 0.479 e. The van der Waals surface area contributed by atoms with Crippen molar-refractivity contribution in [2.75, 3.05) is 6.61 Å². The number of benzene rings is 1. The molecule has 0 unspecified atom stereocenters. The fraction of sp³-hybridized carbons (Fsp3) is 0.350. The highest BCUT2D eigenvalue weighted by atomic mass is 28.3. The summed E-state index contributed by atoms with van der Waals surface area (Å²) >= 11 is 0. The Bertz CT molecular complexity index is 900. The number of rotatable bonds is 7. The van der Waals surface area contributed by atoms with Gasteiger partial charge in [0, 0.05) is 6.54 Å². The maximum Gasteiger partial charge on any atom is 0.341 e. The molecule has 0 aliphatic rings. The maximum absolute atomic E-state index is 11.0. The van der Waals surface area contributed by atoms with E-state index in [9.17, 15) is 10.1 Å². The molecule has 0 radical (unpaired) electrons. The lowest BCUT2D eigenvalue weighted by Gasteiger charge is -2.17. The third kappa shape index (κ3) is 4.86. The molecule has 0 amide bonds. The molecule has 0 aliphatic heterocycles. The Labute approximate surface area is 160 Å². The molecule has 0 atom stereocenters. The number of carboxylic acids is 1. The van der Waals surface area contributed by atoms with Gasteiger partial charge in [-0.3, -0.25) is 4.68 Å². The number of hydrogen-bond acceptors (Lipinski definition) is 4. The minimum Gasteiger partial charge on any atom is -0.479 e. The number of carboxylic acid groups (broad SMARTS) is 1. The van der Waals surface area contributed by atoms with Crippen molar-refractivity contribution in [3.8, 4) is 6.07 Å². The Hall–Kier alpha value is -2.85. The van der Waals surface area contributed by atoms with Crippen LogP contribution in [0.1, 0.15) is 23.9 Å². The normalized spacial score (nSPS) is 12.3. The van der Waals surface area contributed by atoms with Crippen molar-refractivity contribution in [2.45, 2.75) is 40.0 Å². The SMILES string of the molecule is CCn1nc(C)cc1C(OCC(=O)O)=C(C#N)c1ccc([Si](C)(C)C)cc1. The van der Waals surface area contributed by atoms with E-state index in [1.54, 1.807) is 10.7 Å². The highest BCUT2D eigenvalue weighted by Gasteiger charge is 2.21. The van der Waals surface area contributed by atoms with Crippen LogP contribution in [-0.4, -0.2) is 35.5 Å². The third-order valence-electron chi connectivity index (χ3n) is 4.15. The van der Waals surface area contributed by atoms with Crippen LogP contribution in [0.5, 0.6) is 0 Å². The number of aliphatic carboxylic acids is 1. The summed E-state index contributed by atoms with van der Waals surface area (Å²) in [6.45, 7) is 10.6. The Balaban J connectivity index is 2.62. The van der Waals surface area contributed by atoms with E-state index < -0.39 is 20.7 Å². The fourth-order valence-electron chi connectivity index (χ4n) is 2.76. The smallest absolute Gasteiger partial charge is 0.341 e. The molecule has 2 aromatic rings. The molecule has 6 nitrogen and oxygen atoms in total. The van der Waals surface area contributed by atoms with Gasteiger partial charge in [0.2, 0.25) is 0 Å². The van der Waals surface area contributed by atoms with Crippen LogP contribution in [0.25, 0.3) is 11.3 Å². The second kappa shape index (κ2) is 8.23. The molecule has 142 valence electrons. The van der Waals surface area contributed by atoms with Gasteiger partial charge in [-0.05, 0) is 25.5 Å². The lowest BCUT2D eigenvalue weighted by atomic mass is 10.0. The van der Waals surface area contributed by atoms with Gasteiger partial charge in [-0.2, -0.15) is 10.4 Å². The number of nitrogens with zero attached hydrogens (tertiary/aromatic N) is 3. The number of aryl methyl sites for hydroxylation is 2. The lowest BCUT2D eigenvalue weighted by molar-refractivity contribution is -0.139. The van der Waals surface area contributed by atoms with Crippen LogP contribution in [-0.2, 0) is 16.1 Å². The second-order valence-electron chi connectivity index (χ2n) is 7.31. The third-order valence-corrected chi connectivity index (χ3v) is 6.22. The molecule has 0 saturated heterocycles. The lowest BCUT2D eigenvalue weighted by Crippen LogP contribution is -2.37. The first-order chi connectivity index (χ1) is 12.7. The molecule has 7 heteroatoms. The van der Waals surface area contributed by atoms with E-state index in [0.717, 1.165) is 5.69 Å². The topological polar surface area (TPSA) is 88.1 Å². The van der Waals surface area contributed by atoms with Crippen molar-refractivity contribution >= 4 is 30.6 Å². The number of aromatic nitrogens is 2. The quantitative estimate of drug-likeness (QED) is 0.450. The summed E-state index contributed by atoms with van der Waals surface area (Å²) in [6.07, 6.45) is 0. The molecule has 1 aromatic carbocycles. The predicted molar refractivity (Wildman–Crippen MR) is 108 cm³/mol. The highest BCUT2D eigenvalue weighted by molar-refractivity contribution is 6.88. The first-order valence-corrected chi connectivity index (χ1v) is 12.3. The Morgan fingerprint density at radius 3 is 2.41 bits per heavy atom. The van der Waals surface area contributed by atoms with E-state index in [1.165, 1.54) is 5.19 Å². The molecule has 2 rings (SSSR count). The second-order valence-corrected chi connectivity index (χ2v) is 12.4. The van der Waals surface area contributed by atoms with Crippen LogP contribution in [0.4, 0.5) is 0 Å². The first kappa shape index (κ1) is 20.5. The molecular weight excluding hydrogens is 358 g/mol. The summed E-state index contributed by atoms with van der Waals surface area (Å²) in [5.74, 6) is -0.860. The Kier molecular flexibility index (Phi) is 6.23. The van der Waals surface area contributed by atoms with Crippen LogP contribution in [0.3, 0.4) is 0 Å². The average molecular weight is 384 g/mol. The molecule has 0 spiro atoms. The fourth-order valence-corrected chi connectivity index (χ4v) is 3.93. The minimum atomic E-state index is -1.46. The molecule has 1 heterocycles. The summed E-state index contributed by atoms with van der Waals surface area (Å²) in [4.78, 5) is 11.0. The van der Waals surface area contributed by atoms with Gasteiger partial charge in [-0.25, -0.2) is 4.79 Å². The summed E-state index contributed by atoms with van der Waals surface area (Å²) < 4.78 is 7.26. The highest BCUT2D eigenvalue weighted by Crippen LogP contribution is 2.28. The van der Waals surface area contributed by atoms with Gasteiger partial charge in [0.15, 0.2) is 12.4 Å². The van der Waals surface area contributed by atoms with Crippen molar-refractivity contribution < 1.29 is 14.6 Å². The van der Waals surface area contributed by atoms with Crippen LogP contribution < -0.4 is 5.19 Å². The van der Waals surface area contributed by atoms with Crippen molar-refractivity contribution in [3.63, 3.8) is 0 Å². The van der Waals surface area contributed by atoms with Crippen LogP contribution in [0, 0.1) is 18.3 Å². The number of allylic oxidation sites excluding steroid dienone is 1. The molecule has 1 N–H and O–H groups in total. The summed E-state index contributed by atoms with van der Waals surface area (Å²) in [7, 11) is -1.46. The zero-order valence-corrected chi connectivity index (χ0v) is 17.4. The number of ether oxygens (including phenoxy) is 1. The van der Waals surface area contributed by atoms with Gasteiger partial charge in [0.05, 0.1) is 13.8 Å². The summed E-state index contributed by atoms with van der Waals surface area (Å²) in [6, 6.07) is 11.9. The first-order valence-electron chi connectivity index (χ1n) is 8.82. The predicted octanol–water partition coefficient (Wildman–Crippen LogP) is 3.25. The van der Waals surface area contributed by atoms with Crippen molar-refractivity contribution in [1.29, 1.82) is 5.26 Å². The van der Waals surface area contributed by atoms with Gasteiger partial charge < -0.3 is 9.84 Å². The van der Waals surface area contributed by atoms with E-state index in [0.29, 0.717) is 23.4 Å². The van der Waals surface area contributed by atoms with Gasteiger partial charge in [0.1, 0.15) is 17.3 Å². The van der Waals surface area contributed by atoms with Crippen LogP contribution in [0.2, 0.25) is 19.6 Å². The molecule has 0 bridgehead atoms. The molecular formula is C20H25N3O3Si. The van der Waals surface area contributed by atoms with E-state index in [-0.39, 0.29) is 5.76 Å². The average Bonchev–Trinajstić information content (AvgIpc) is 2.98. The minimum absolute atomic E-state index is 0.239. The number of carbonyl (C=O) groups is 1. The monoisotopic (exact) mass is 383 g/mol. The van der Waals surface area contributed by atoms with E-state index in [2.05, 4.69) is 30.8 Å². The molecule has 0 fully saturated rings. The zero-order chi connectivity index (χ0) is 20.2.